The Labute approximate surface area is 105 Å². The molecule has 0 fully saturated rings. The maximum Gasteiger partial charge on any atom is 0.148 e. The van der Waals surface area contributed by atoms with Gasteiger partial charge in [-0.2, -0.15) is 5.10 Å². The zero-order valence-corrected chi connectivity index (χ0v) is 10.5. The van der Waals surface area contributed by atoms with Gasteiger partial charge in [-0.05, 0) is 19.8 Å². The highest BCUT2D eigenvalue weighted by Crippen LogP contribution is 2.02. The molecule has 92 valence electrons. The lowest BCUT2D eigenvalue weighted by Gasteiger charge is -2.01. The Kier molecular flexibility index (Phi) is 4.08. The van der Waals surface area contributed by atoms with Crippen LogP contribution in [0.1, 0.15) is 24.9 Å². The van der Waals surface area contributed by atoms with Crippen LogP contribution in [0.4, 0.5) is 0 Å². The number of hydrogen-bond donors (Lipinski definition) is 0. The molecule has 7 heteroatoms. The molecule has 0 radical (unpaired) electrons. The molecule has 0 amide bonds. The summed E-state index contributed by atoms with van der Waals surface area (Å²) < 4.78 is 3.62. The van der Waals surface area contributed by atoms with Crippen LogP contribution in [0.25, 0.3) is 0 Å². The molecule has 0 saturated carbocycles. The van der Waals surface area contributed by atoms with E-state index in [2.05, 4.69) is 20.4 Å². The van der Waals surface area contributed by atoms with Gasteiger partial charge in [-0.1, -0.05) is 5.21 Å². The predicted molar refractivity (Wildman–Crippen MR) is 63.9 cm³/mol. The number of halogens is 1. The number of hydrogen-bond acceptors (Lipinski definition) is 4. The summed E-state index contributed by atoms with van der Waals surface area (Å²) in [5, 5.41) is 12.3. The van der Waals surface area contributed by atoms with Gasteiger partial charge in [0, 0.05) is 18.6 Å². The van der Waals surface area contributed by atoms with Crippen molar-refractivity contribution in [3.63, 3.8) is 0 Å². The molecule has 6 nitrogen and oxygen atoms in total. The monoisotopic (exact) mass is 254 g/mol. The van der Waals surface area contributed by atoms with Crippen LogP contribution in [-0.4, -0.2) is 35.6 Å². The lowest BCUT2D eigenvalue weighted by atomic mass is 10.3. The van der Waals surface area contributed by atoms with Crippen molar-refractivity contribution in [2.75, 3.05) is 5.88 Å². The lowest BCUT2D eigenvalue weighted by molar-refractivity contribution is 0.557. The molecule has 0 aliphatic heterocycles. The summed E-state index contributed by atoms with van der Waals surface area (Å²) in [6, 6.07) is 0. The third kappa shape index (κ3) is 3.03. The highest BCUT2D eigenvalue weighted by atomic mass is 35.5. The second-order valence-corrected chi connectivity index (χ2v) is 4.07. The Balaban J connectivity index is 2.01. The fourth-order valence-corrected chi connectivity index (χ4v) is 1.73. The molecule has 2 aromatic heterocycles. The molecule has 0 unspecified atom stereocenters. The van der Waals surface area contributed by atoms with Gasteiger partial charge in [0.1, 0.15) is 18.7 Å². The van der Waals surface area contributed by atoms with E-state index in [1.54, 1.807) is 11.0 Å². The van der Waals surface area contributed by atoms with E-state index < -0.39 is 0 Å². The summed E-state index contributed by atoms with van der Waals surface area (Å²) in [4.78, 5) is 4.20. The molecule has 0 saturated heterocycles. The molecule has 0 atom stereocenters. The van der Waals surface area contributed by atoms with Gasteiger partial charge >= 0.3 is 0 Å². The summed E-state index contributed by atoms with van der Waals surface area (Å²) in [5.74, 6) is 1.54. The van der Waals surface area contributed by atoms with Crippen molar-refractivity contribution >= 4 is 11.6 Å². The normalized spacial score (nSPS) is 10.9. The Bertz CT molecular complexity index is 463. The lowest BCUT2D eigenvalue weighted by Crippen LogP contribution is -2.09. The summed E-state index contributed by atoms with van der Waals surface area (Å²) in [5.41, 5.74) is 0.966. The van der Waals surface area contributed by atoms with E-state index in [0.717, 1.165) is 30.9 Å². The predicted octanol–water partition coefficient (Wildman–Crippen LogP) is 1.11. The first-order chi connectivity index (χ1) is 8.33. The van der Waals surface area contributed by atoms with Crippen LogP contribution in [-0.2, 0) is 19.5 Å². The highest BCUT2D eigenvalue weighted by molar-refractivity contribution is 6.17. The van der Waals surface area contributed by atoms with Crippen molar-refractivity contribution in [3.8, 4) is 0 Å². The summed E-state index contributed by atoms with van der Waals surface area (Å²) >= 11 is 5.64. The van der Waals surface area contributed by atoms with Gasteiger partial charge in [0.2, 0.25) is 0 Å². The molecule has 0 bridgehead atoms. The molecule has 2 aromatic rings. The Morgan fingerprint density at radius 1 is 1.41 bits per heavy atom. The standard InChI is InChI=1S/C10H15ClN6/c1-2-17-10(12-8-13-17)7-16-6-9(14-15-16)4-3-5-11/h6,8H,2-5,7H2,1H3. The summed E-state index contributed by atoms with van der Waals surface area (Å²) in [6.45, 7) is 3.44. The Morgan fingerprint density at radius 2 is 2.29 bits per heavy atom. The second-order valence-electron chi connectivity index (χ2n) is 3.69. The Morgan fingerprint density at radius 3 is 3.06 bits per heavy atom. The van der Waals surface area contributed by atoms with Crippen molar-refractivity contribution < 1.29 is 0 Å². The first-order valence-corrected chi connectivity index (χ1v) is 6.18. The van der Waals surface area contributed by atoms with Crippen molar-refractivity contribution in [2.45, 2.75) is 32.9 Å². The number of aryl methyl sites for hydroxylation is 2. The van der Waals surface area contributed by atoms with E-state index in [4.69, 9.17) is 11.6 Å². The molecule has 0 aliphatic carbocycles. The van der Waals surface area contributed by atoms with E-state index in [1.807, 2.05) is 17.8 Å². The number of nitrogens with zero attached hydrogens (tertiary/aromatic N) is 6. The van der Waals surface area contributed by atoms with Gasteiger partial charge in [-0.15, -0.1) is 16.7 Å². The molecule has 0 spiro atoms. The highest BCUT2D eigenvalue weighted by Gasteiger charge is 2.06. The molecule has 0 N–H and O–H groups in total. The number of aromatic nitrogens is 6. The average Bonchev–Trinajstić information content (AvgIpc) is 2.96. The fourth-order valence-electron chi connectivity index (χ4n) is 1.60. The van der Waals surface area contributed by atoms with Crippen molar-refractivity contribution in [1.29, 1.82) is 0 Å². The first-order valence-electron chi connectivity index (χ1n) is 5.65. The van der Waals surface area contributed by atoms with Gasteiger partial charge < -0.3 is 0 Å². The average molecular weight is 255 g/mol. The number of rotatable bonds is 6. The van der Waals surface area contributed by atoms with E-state index in [-0.39, 0.29) is 0 Å². The summed E-state index contributed by atoms with van der Waals surface area (Å²) in [7, 11) is 0. The Hall–Kier alpha value is -1.43. The van der Waals surface area contributed by atoms with Crippen LogP contribution in [0, 0.1) is 0 Å². The molecule has 17 heavy (non-hydrogen) atoms. The molecule has 0 aromatic carbocycles. The smallest absolute Gasteiger partial charge is 0.148 e. The molecule has 0 aliphatic rings. The topological polar surface area (TPSA) is 61.4 Å². The first kappa shape index (κ1) is 12.0. The van der Waals surface area contributed by atoms with Crippen LogP contribution in [0.5, 0.6) is 0 Å². The van der Waals surface area contributed by atoms with Gasteiger partial charge in [-0.3, -0.25) is 0 Å². The van der Waals surface area contributed by atoms with Crippen molar-refractivity contribution in [1.82, 2.24) is 29.8 Å². The molecular formula is C10H15ClN6. The maximum absolute atomic E-state index is 5.64. The van der Waals surface area contributed by atoms with Crippen LogP contribution in [0.2, 0.25) is 0 Å². The zero-order valence-electron chi connectivity index (χ0n) is 9.75. The van der Waals surface area contributed by atoms with Crippen LogP contribution in [0.3, 0.4) is 0 Å². The van der Waals surface area contributed by atoms with E-state index >= 15 is 0 Å². The largest absolute Gasteiger partial charge is 0.249 e. The molecular weight excluding hydrogens is 240 g/mol. The van der Waals surface area contributed by atoms with Crippen LogP contribution >= 0.6 is 11.6 Å². The minimum Gasteiger partial charge on any atom is -0.249 e. The van der Waals surface area contributed by atoms with E-state index in [0.29, 0.717) is 12.4 Å². The SMILES string of the molecule is CCn1ncnc1Cn1cc(CCCCl)nn1. The molecule has 2 heterocycles. The minimum atomic E-state index is 0.599. The number of alkyl halides is 1. The van der Waals surface area contributed by atoms with Gasteiger partial charge in [0.15, 0.2) is 0 Å². The molecule has 2 rings (SSSR count). The van der Waals surface area contributed by atoms with Gasteiger partial charge in [0.05, 0.1) is 5.69 Å². The van der Waals surface area contributed by atoms with Crippen molar-refractivity contribution in [3.05, 3.63) is 24.0 Å². The fraction of sp³-hybridized carbons (Fsp3) is 0.600. The van der Waals surface area contributed by atoms with E-state index in [9.17, 15) is 0 Å². The quantitative estimate of drug-likeness (QED) is 0.725. The maximum atomic E-state index is 5.64. The second kappa shape index (κ2) is 5.77. The summed E-state index contributed by atoms with van der Waals surface area (Å²) in [6.07, 6.45) is 5.28. The van der Waals surface area contributed by atoms with Crippen molar-refractivity contribution in [2.24, 2.45) is 0 Å². The zero-order chi connectivity index (χ0) is 12.1. The third-order valence-corrected chi connectivity index (χ3v) is 2.72. The van der Waals surface area contributed by atoms with Gasteiger partial charge in [0.25, 0.3) is 0 Å². The van der Waals surface area contributed by atoms with Crippen LogP contribution < -0.4 is 0 Å². The van der Waals surface area contributed by atoms with Crippen LogP contribution in [0.15, 0.2) is 12.5 Å². The van der Waals surface area contributed by atoms with E-state index in [1.165, 1.54) is 0 Å². The van der Waals surface area contributed by atoms with Gasteiger partial charge in [-0.25, -0.2) is 14.3 Å². The minimum absolute atomic E-state index is 0.599. The third-order valence-electron chi connectivity index (χ3n) is 2.45.